The minimum Gasteiger partial charge on any atom is -0.493 e. The molecular formula is C29H32Cl2N2O7. The molecule has 9 nitrogen and oxygen atoms in total. The van der Waals surface area contributed by atoms with Crippen LogP contribution in [0.5, 0.6) is 11.5 Å². The van der Waals surface area contributed by atoms with Gasteiger partial charge in [-0.25, -0.2) is 0 Å². The van der Waals surface area contributed by atoms with Crippen LogP contribution in [0.1, 0.15) is 53.6 Å². The average Bonchev–Trinajstić information content (AvgIpc) is 3.35. The molecule has 2 amide bonds. The number of benzene rings is 2. The summed E-state index contributed by atoms with van der Waals surface area (Å²) in [6, 6.07) is 7.24. The number of methoxy groups -OCH3 is 1. The Morgan fingerprint density at radius 2 is 1.98 bits per heavy atom. The number of hydrogen-bond acceptors (Lipinski definition) is 7. The van der Waals surface area contributed by atoms with Gasteiger partial charge in [-0.2, -0.15) is 0 Å². The molecule has 1 aliphatic heterocycles. The van der Waals surface area contributed by atoms with Gasteiger partial charge in [-0.05, 0) is 42.3 Å². The third kappa shape index (κ3) is 5.98. The normalized spacial score (nSPS) is 21.0. The molecule has 0 bridgehead atoms. The zero-order valence-corrected chi connectivity index (χ0v) is 23.7. The molecule has 0 spiro atoms. The van der Waals surface area contributed by atoms with Crippen LogP contribution in [0.15, 0.2) is 42.0 Å². The summed E-state index contributed by atoms with van der Waals surface area (Å²) in [6.45, 7) is 1.82. The zero-order valence-electron chi connectivity index (χ0n) is 22.2. The van der Waals surface area contributed by atoms with E-state index in [0.29, 0.717) is 50.9 Å². The third-order valence-electron chi connectivity index (χ3n) is 7.17. The molecule has 0 saturated carbocycles. The first-order valence-corrected chi connectivity index (χ1v) is 13.9. The average molecular weight is 591 g/mol. The molecule has 0 aromatic heterocycles. The second-order valence-corrected chi connectivity index (χ2v) is 10.6. The molecule has 11 heteroatoms. The molecule has 3 N–H and O–H groups in total. The zero-order chi connectivity index (χ0) is 29.0. The monoisotopic (exact) mass is 590 g/mol. The molecular weight excluding hydrogens is 559 g/mol. The lowest BCUT2D eigenvalue weighted by atomic mass is 9.77. The Hall–Kier alpha value is -3.11. The van der Waals surface area contributed by atoms with Crippen LogP contribution in [0.2, 0.25) is 10.0 Å². The molecule has 4 rings (SSSR count). The quantitative estimate of drug-likeness (QED) is 0.341. The SMILES string of the molecule is CCCCC(=O)N(Cc1ccc(Cl)c(Cl)c1)[C@@H]1C=C(C(=O)NCCO)[C@@H]2c3cc(C=O)cc(OC)c3O[C@@H]2[C@H]1O. The largest absolute Gasteiger partial charge is 0.493 e. The number of rotatable bonds is 11. The van der Waals surface area contributed by atoms with Crippen LogP contribution in [0.3, 0.4) is 0 Å². The Labute approximate surface area is 242 Å². The van der Waals surface area contributed by atoms with Crippen molar-refractivity contribution in [2.45, 2.75) is 56.9 Å². The van der Waals surface area contributed by atoms with Gasteiger partial charge in [0.05, 0.1) is 35.7 Å². The number of aldehydes is 1. The number of amides is 2. The van der Waals surface area contributed by atoms with Crippen molar-refractivity contribution < 1.29 is 34.1 Å². The second-order valence-electron chi connectivity index (χ2n) is 9.78. The number of carbonyl (C=O) groups is 3. The Kier molecular flexibility index (Phi) is 9.73. The van der Waals surface area contributed by atoms with E-state index in [-0.39, 0.29) is 37.6 Å². The maximum absolute atomic E-state index is 13.5. The fraction of sp³-hybridized carbons (Fsp3) is 0.414. The van der Waals surface area contributed by atoms with E-state index in [9.17, 15) is 24.6 Å². The molecule has 0 unspecified atom stereocenters. The summed E-state index contributed by atoms with van der Waals surface area (Å²) in [5, 5.41) is 24.4. The van der Waals surface area contributed by atoms with Crippen LogP contribution in [0, 0.1) is 0 Å². The van der Waals surface area contributed by atoms with E-state index in [4.69, 9.17) is 32.7 Å². The number of aliphatic hydroxyl groups is 2. The lowest BCUT2D eigenvalue weighted by Gasteiger charge is -2.41. The lowest BCUT2D eigenvalue weighted by Crippen LogP contribution is -2.55. The van der Waals surface area contributed by atoms with Crippen LogP contribution < -0.4 is 14.8 Å². The van der Waals surface area contributed by atoms with Crippen molar-refractivity contribution in [1.29, 1.82) is 0 Å². The van der Waals surface area contributed by atoms with Crippen LogP contribution in [-0.2, 0) is 16.1 Å². The van der Waals surface area contributed by atoms with Crippen LogP contribution >= 0.6 is 23.2 Å². The molecule has 0 radical (unpaired) electrons. The minimum absolute atomic E-state index is 0.00854. The number of aliphatic hydroxyl groups excluding tert-OH is 2. The fourth-order valence-corrected chi connectivity index (χ4v) is 5.55. The number of ether oxygens (including phenoxy) is 2. The Bertz CT molecular complexity index is 1320. The highest BCUT2D eigenvalue weighted by Crippen LogP contribution is 2.51. The molecule has 40 heavy (non-hydrogen) atoms. The summed E-state index contributed by atoms with van der Waals surface area (Å²) in [4.78, 5) is 40.1. The number of fused-ring (bicyclic) bond motifs is 3. The second kappa shape index (κ2) is 13.0. The Morgan fingerprint density at radius 1 is 1.20 bits per heavy atom. The van der Waals surface area contributed by atoms with E-state index in [1.54, 1.807) is 30.3 Å². The van der Waals surface area contributed by atoms with Gasteiger partial charge in [0.25, 0.3) is 0 Å². The van der Waals surface area contributed by atoms with Crippen molar-refractivity contribution in [3.8, 4) is 11.5 Å². The first-order chi connectivity index (χ1) is 19.2. The number of nitrogens with zero attached hydrogens (tertiary/aromatic N) is 1. The number of halogens is 2. The van der Waals surface area contributed by atoms with Crippen molar-refractivity contribution >= 4 is 41.3 Å². The first-order valence-electron chi connectivity index (χ1n) is 13.1. The van der Waals surface area contributed by atoms with Crippen molar-refractivity contribution in [3.05, 3.63) is 68.7 Å². The van der Waals surface area contributed by atoms with Gasteiger partial charge >= 0.3 is 0 Å². The van der Waals surface area contributed by atoms with Gasteiger partial charge in [0.1, 0.15) is 18.5 Å². The highest BCUT2D eigenvalue weighted by molar-refractivity contribution is 6.42. The summed E-state index contributed by atoms with van der Waals surface area (Å²) < 4.78 is 11.7. The van der Waals surface area contributed by atoms with E-state index in [1.165, 1.54) is 18.1 Å². The number of hydrogen-bond donors (Lipinski definition) is 3. The molecule has 214 valence electrons. The summed E-state index contributed by atoms with van der Waals surface area (Å²) in [5.41, 5.74) is 1.78. The predicted molar refractivity (Wildman–Crippen MR) is 150 cm³/mol. The molecule has 0 saturated heterocycles. The van der Waals surface area contributed by atoms with Gasteiger partial charge < -0.3 is 29.9 Å². The van der Waals surface area contributed by atoms with Crippen LogP contribution in [0.25, 0.3) is 0 Å². The maximum Gasteiger partial charge on any atom is 0.247 e. The van der Waals surface area contributed by atoms with Crippen LogP contribution in [0.4, 0.5) is 0 Å². The lowest BCUT2D eigenvalue weighted by molar-refractivity contribution is -0.138. The highest BCUT2D eigenvalue weighted by Gasteiger charge is 2.51. The number of carbonyl (C=O) groups excluding carboxylic acids is 3. The van der Waals surface area contributed by atoms with Gasteiger partial charge in [0.2, 0.25) is 11.8 Å². The van der Waals surface area contributed by atoms with E-state index in [2.05, 4.69) is 5.32 Å². The smallest absolute Gasteiger partial charge is 0.247 e. The molecule has 2 aliphatic rings. The van der Waals surface area contributed by atoms with E-state index >= 15 is 0 Å². The van der Waals surface area contributed by atoms with E-state index < -0.39 is 30.1 Å². The van der Waals surface area contributed by atoms with Gasteiger partial charge in [0.15, 0.2) is 11.5 Å². The number of unbranched alkanes of at least 4 members (excludes halogenated alkanes) is 1. The molecule has 2 aromatic rings. The Balaban J connectivity index is 1.82. The summed E-state index contributed by atoms with van der Waals surface area (Å²) in [5.74, 6) is -0.829. The fourth-order valence-electron chi connectivity index (χ4n) is 5.22. The molecule has 1 aliphatic carbocycles. The summed E-state index contributed by atoms with van der Waals surface area (Å²) >= 11 is 12.3. The molecule has 2 aromatic carbocycles. The molecule has 0 fully saturated rings. The standard InChI is InChI=1S/C29H32Cl2N2O7/c1-3-4-5-24(36)33(14-16-6-7-20(30)21(31)11-16)22-13-19(29(38)32-8-9-34)25-18-10-17(15-35)12-23(39-2)27(18)40-28(25)26(22)37/h6-7,10-13,15,22,25-26,28,34,37H,3-5,8-9,14H2,1-2H3,(H,32,38)/t22-,25+,26+,28+/m1/s1. The van der Waals surface area contributed by atoms with Gasteiger partial charge in [-0.3, -0.25) is 14.4 Å². The van der Waals surface area contributed by atoms with E-state index in [0.717, 1.165) is 6.42 Å². The third-order valence-corrected chi connectivity index (χ3v) is 7.91. The first kappa shape index (κ1) is 29.9. The topological polar surface area (TPSA) is 125 Å². The van der Waals surface area contributed by atoms with Crippen molar-refractivity contribution in [1.82, 2.24) is 10.2 Å². The predicted octanol–water partition coefficient (Wildman–Crippen LogP) is 3.66. The summed E-state index contributed by atoms with van der Waals surface area (Å²) in [7, 11) is 1.44. The van der Waals surface area contributed by atoms with E-state index in [1.807, 2.05) is 6.92 Å². The Morgan fingerprint density at radius 3 is 2.62 bits per heavy atom. The number of nitrogens with one attached hydrogen (secondary N) is 1. The molecule has 1 heterocycles. The maximum atomic E-state index is 13.5. The van der Waals surface area contributed by atoms with Gasteiger partial charge in [-0.15, -0.1) is 0 Å². The van der Waals surface area contributed by atoms with Crippen molar-refractivity contribution in [2.75, 3.05) is 20.3 Å². The minimum atomic E-state index is -1.23. The molecule has 4 atom stereocenters. The highest BCUT2D eigenvalue weighted by atomic mass is 35.5. The van der Waals surface area contributed by atoms with Gasteiger partial charge in [0, 0.05) is 36.2 Å². The van der Waals surface area contributed by atoms with Crippen molar-refractivity contribution in [3.63, 3.8) is 0 Å². The van der Waals surface area contributed by atoms with Crippen molar-refractivity contribution in [2.24, 2.45) is 0 Å². The van der Waals surface area contributed by atoms with Gasteiger partial charge in [-0.1, -0.05) is 42.6 Å². The van der Waals surface area contributed by atoms with Crippen LogP contribution in [-0.4, -0.2) is 71.7 Å². The summed E-state index contributed by atoms with van der Waals surface area (Å²) in [6.07, 6.45) is 1.75.